The Kier molecular flexibility index (Phi) is 7.33. The molecule has 3 aromatic rings. The van der Waals surface area contributed by atoms with Gasteiger partial charge in [0.15, 0.2) is 0 Å². The number of fused-ring (bicyclic) bond motifs is 1. The van der Waals surface area contributed by atoms with E-state index in [1.165, 1.54) is 6.34 Å². The summed E-state index contributed by atoms with van der Waals surface area (Å²) >= 11 is 0. The predicted molar refractivity (Wildman–Crippen MR) is 136 cm³/mol. The van der Waals surface area contributed by atoms with Crippen LogP contribution in [0.5, 0.6) is 5.75 Å². The van der Waals surface area contributed by atoms with E-state index in [2.05, 4.69) is 37.8 Å². The quantitative estimate of drug-likeness (QED) is 0.389. The highest BCUT2D eigenvalue weighted by molar-refractivity contribution is 7.90. The molecule has 1 saturated heterocycles. The van der Waals surface area contributed by atoms with Gasteiger partial charge in [-0.25, -0.2) is 0 Å². The zero-order chi connectivity index (χ0) is 24.1. The van der Waals surface area contributed by atoms with Crippen LogP contribution >= 0.6 is 0 Å². The van der Waals surface area contributed by atoms with Gasteiger partial charge in [-0.15, -0.1) is 4.40 Å². The van der Waals surface area contributed by atoms with Gasteiger partial charge in [-0.1, -0.05) is 6.07 Å². The summed E-state index contributed by atoms with van der Waals surface area (Å²) in [5, 5.41) is 5.95. The van der Waals surface area contributed by atoms with Gasteiger partial charge in [-0.3, -0.25) is 9.88 Å². The molecule has 1 fully saturated rings. The largest absolute Gasteiger partial charge is 0.496 e. The Balaban J connectivity index is 1.48. The highest BCUT2D eigenvalue weighted by atomic mass is 32.2. The molecule has 1 atom stereocenters. The van der Waals surface area contributed by atoms with Gasteiger partial charge in [0, 0.05) is 62.3 Å². The fraction of sp³-hybridized carbons (Fsp3) is 0.360. The molecule has 0 saturated carbocycles. The molecule has 1 N–H and O–H groups in total. The smallest absolute Gasteiger partial charge is 0.283 e. The normalized spacial score (nSPS) is 17.2. The second-order valence-electron chi connectivity index (χ2n) is 8.79. The van der Waals surface area contributed by atoms with Gasteiger partial charge in [0.25, 0.3) is 10.0 Å². The SMILES string of the molecule is COc1ccc(S(=O)(=O)/N=C/N(C)C)cc1CN1CCC[C@@H](Nc2ccc3cnccc3c2)C1. The average Bonchev–Trinajstić information content (AvgIpc) is 2.83. The summed E-state index contributed by atoms with van der Waals surface area (Å²) in [6.07, 6.45) is 7.11. The van der Waals surface area contributed by atoms with Gasteiger partial charge < -0.3 is 15.0 Å². The lowest BCUT2D eigenvalue weighted by Gasteiger charge is -2.34. The van der Waals surface area contributed by atoms with E-state index in [1.807, 2.05) is 18.5 Å². The zero-order valence-electron chi connectivity index (χ0n) is 19.8. The third-order valence-corrected chi connectivity index (χ3v) is 7.10. The number of nitrogens with one attached hydrogen (secondary N) is 1. The van der Waals surface area contributed by atoms with Crippen molar-refractivity contribution in [3.8, 4) is 5.75 Å². The van der Waals surface area contributed by atoms with E-state index < -0.39 is 10.0 Å². The Bertz CT molecular complexity index is 1280. The lowest BCUT2D eigenvalue weighted by Crippen LogP contribution is -2.41. The van der Waals surface area contributed by atoms with Crippen LogP contribution in [0.4, 0.5) is 5.69 Å². The maximum absolute atomic E-state index is 12.6. The van der Waals surface area contributed by atoms with Gasteiger partial charge in [-0.2, -0.15) is 8.42 Å². The van der Waals surface area contributed by atoms with Crippen LogP contribution in [0, 0.1) is 0 Å². The highest BCUT2D eigenvalue weighted by Crippen LogP contribution is 2.27. The van der Waals surface area contributed by atoms with Crippen molar-refractivity contribution in [1.82, 2.24) is 14.8 Å². The van der Waals surface area contributed by atoms with Crippen LogP contribution in [-0.4, -0.2) is 69.9 Å². The first-order valence-corrected chi connectivity index (χ1v) is 12.7. The number of methoxy groups -OCH3 is 1. The van der Waals surface area contributed by atoms with Crippen molar-refractivity contribution in [2.75, 3.05) is 39.6 Å². The fourth-order valence-corrected chi connectivity index (χ4v) is 5.19. The minimum absolute atomic E-state index is 0.165. The van der Waals surface area contributed by atoms with Crippen molar-refractivity contribution in [2.24, 2.45) is 4.40 Å². The van der Waals surface area contributed by atoms with Crippen molar-refractivity contribution in [2.45, 2.75) is 30.3 Å². The molecule has 1 aliphatic heterocycles. The molecule has 34 heavy (non-hydrogen) atoms. The molecule has 0 aliphatic carbocycles. The molecule has 4 rings (SSSR count). The number of hydrogen-bond donors (Lipinski definition) is 1. The van der Waals surface area contributed by atoms with Gasteiger partial charge in [0.2, 0.25) is 0 Å². The number of ether oxygens (including phenoxy) is 1. The first-order valence-electron chi connectivity index (χ1n) is 11.3. The van der Waals surface area contributed by atoms with Gasteiger partial charge in [0.05, 0.1) is 12.0 Å². The molecule has 180 valence electrons. The molecule has 1 aliphatic rings. The Morgan fingerprint density at radius 1 is 1.21 bits per heavy atom. The van der Waals surface area contributed by atoms with E-state index in [0.29, 0.717) is 18.3 Å². The fourth-order valence-electron chi connectivity index (χ4n) is 4.22. The van der Waals surface area contributed by atoms with Crippen molar-refractivity contribution in [3.63, 3.8) is 0 Å². The van der Waals surface area contributed by atoms with Crippen LogP contribution in [0.3, 0.4) is 0 Å². The summed E-state index contributed by atoms with van der Waals surface area (Å²) in [5.74, 6) is 0.675. The third kappa shape index (κ3) is 5.84. The molecule has 9 heteroatoms. The Morgan fingerprint density at radius 2 is 2.06 bits per heavy atom. The van der Waals surface area contributed by atoms with Crippen LogP contribution in [0.15, 0.2) is 64.2 Å². The number of benzene rings is 2. The minimum Gasteiger partial charge on any atom is -0.496 e. The van der Waals surface area contributed by atoms with E-state index in [-0.39, 0.29) is 4.90 Å². The summed E-state index contributed by atoms with van der Waals surface area (Å²) in [4.78, 5) is 8.27. The molecule has 8 nitrogen and oxygen atoms in total. The van der Waals surface area contributed by atoms with Crippen molar-refractivity contribution >= 4 is 32.8 Å². The van der Waals surface area contributed by atoms with E-state index in [4.69, 9.17) is 4.74 Å². The lowest BCUT2D eigenvalue weighted by atomic mass is 10.0. The van der Waals surface area contributed by atoms with Gasteiger partial charge in [0.1, 0.15) is 12.1 Å². The van der Waals surface area contributed by atoms with Crippen LogP contribution < -0.4 is 10.1 Å². The number of rotatable bonds is 8. The maximum atomic E-state index is 12.6. The van der Waals surface area contributed by atoms with Crippen LogP contribution in [0.2, 0.25) is 0 Å². The number of piperidine rings is 1. The molecule has 2 aromatic carbocycles. The van der Waals surface area contributed by atoms with E-state index in [9.17, 15) is 8.42 Å². The first-order chi connectivity index (χ1) is 16.3. The monoisotopic (exact) mass is 481 g/mol. The van der Waals surface area contributed by atoms with Gasteiger partial charge in [-0.05, 0) is 61.2 Å². The van der Waals surface area contributed by atoms with Crippen molar-refractivity contribution < 1.29 is 13.2 Å². The Morgan fingerprint density at radius 3 is 2.85 bits per heavy atom. The second-order valence-corrected chi connectivity index (χ2v) is 10.4. The molecule has 0 unspecified atom stereocenters. The number of anilines is 1. The van der Waals surface area contributed by atoms with Gasteiger partial charge >= 0.3 is 0 Å². The average molecular weight is 482 g/mol. The van der Waals surface area contributed by atoms with Crippen LogP contribution in [0.1, 0.15) is 18.4 Å². The molecule has 1 aromatic heterocycles. The highest BCUT2D eigenvalue weighted by Gasteiger charge is 2.22. The second kappa shape index (κ2) is 10.4. The standard InChI is InChI=1S/C25H31N5O3S/c1-29(2)18-27-34(31,32)24-8-9-25(33-3)21(14-24)16-30-12-4-5-23(17-30)28-22-7-6-20-15-26-11-10-19(20)13-22/h6-11,13-15,18,23,28H,4-5,12,16-17H2,1-3H3/b27-18+/t23-/m1/s1. The molecule has 0 radical (unpaired) electrons. The third-order valence-electron chi connectivity index (χ3n) is 5.88. The molecule has 2 heterocycles. The molecule has 0 bridgehead atoms. The van der Waals surface area contributed by atoms with Crippen molar-refractivity contribution in [3.05, 3.63) is 60.4 Å². The van der Waals surface area contributed by atoms with E-state index in [1.54, 1.807) is 44.3 Å². The summed E-state index contributed by atoms with van der Waals surface area (Å²) in [6, 6.07) is 13.6. The molecular weight excluding hydrogens is 450 g/mol. The number of aromatic nitrogens is 1. The Labute approximate surface area is 201 Å². The number of sulfonamides is 1. The zero-order valence-corrected chi connectivity index (χ0v) is 20.6. The summed E-state index contributed by atoms with van der Waals surface area (Å²) in [5.41, 5.74) is 1.93. The van der Waals surface area contributed by atoms with Crippen molar-refractivity contribution in [1.29, 1.82) is 0 Å². The lowest BCUT2D eigenvalue weighted by molar-refractivity contribution is 0.206. The number of hydrogen-bond acceptors (Lipinski definition) is 6. The molecule has 0 spiro atoms. The van der Waals surface area contributed by atoms with Crippen LogP contribution in [0.25, 0.3) is 10.8 Å². The number of pyridine rings is 1. The number of likely N-dealkylation sites (tertiary alicyclic amines) is 1. The summed E-state index contributed by atoms with van der Waals surface area (Å²) in [6.45, 7) is 2.40. The molecule has 0 amide bonds. The Hall–Kier alpha value is -3.17. The van der Waals surface area contributed by atoms with Crippen LogP contribution in [-0.2, 0) is 16.6 Å². The minimum atomic E-state index is -3.78. The molecular formula is C25H31N5O3S. The van der Waals surface area contributed by atoms with E-state index >= 15 is 0 Å². The summed E-state index contributed by atoms with van der Waals surface area (Å²) in [7, 11) is 1.29. The first kappa shape index (κ1) is 24.0. The van der Waals surface area contributed by atoms with E-state index in [0.717, 1.165) is 48.0 Å². The number of nitrogens with zero attached hydrogens (tertiary/aromatic N) is 4. The predicted octanol–water partition coefficient (Wildman–Crippen LogP) is 3.60. The maximum Gasteiger partial charge on any atom is 0.283 e. The topological polar surface area (TPSA) is 87.1 Å². The summed E-state index contributed by atoms with van der Waals surface area (Å²) < 4.78 is 34.6.